The summed E-state index contributed by atoms with van der Waals surface area (Å²) in [6.07, 6.45) is 11.3. The Balaban J connectivity index is 1.33. The zero-order valence-electron chi connectivity index (χ0n) is 17.9. The van der Waals surface area contributed by atoms with Gasteiger partial charge in [0, 0.05) is 0 Å². The van der Waals surface area contributed by atoms with Crippen LogP contribution >= 0.6 is 0 Å². The van der Waals surface area contributed by atoms with Crippen molar-refractivity contribution < 1.29 is 9.84 Å². The molecule has 0 aromatic heterocycles. The lowest BCUT2D eigenvalue weighted by Gasteiger charge is -2.61. The van der Waals surface area contributed by atoms with E-state index in [0.29, 0.717) is 23.0 Å². The number of hydrogen-bond acceptors (Lipinski definition) is 2. The molecule has 0 aliphatic heterocycles. The molecule has 0 spiro atoms. The highest BCUT2D eigenvalue weighted by Crippen LogP contribution is 2.79. The molecule has 152 valence electrons. The minimum Gasteiger partial charge on any atom is -0.393 e. The molecule has 2 nitrogen and oxygen atoms in total. The maximum atomic E-state index is 10.4. The van der Waals surface area contributed by atoms with E-state index < -0.39 is 0 Å². The number of hydrogen-bond donors (Lipinski definition) is 1. The van der Waals surface area contributed by atoms with Crippen LogP contribution in [0, 0.1) is 58.2 Å². The molecule has 0 aromatic rings. The third-order valence-corrected chi connectivity index (χ3v) is 11.1. The first-order valence-corrected chi connectivity index (χ1v) is 12.2. The predicted octanol–water partition coefficient (Wildman–Crippen LogP) is 5.29. The van der Waals surface area contributed by atoms with Crippen molar-refractivity contribution in [2.24, 2.45) is 58.2 Å². The van der Waals surface area contributed by atoms with Gasteiger partial charge in [-0.1, -0.05) is 20.8 Å². The summed E-state index contributed by atoms with van der Waals surface area (Å²) in [5, 5.41) is 10.4. The van der Waals surface area contributed by atoms with Crippen LogP contribution in [0.25, 0.3) is 0 Å². The highest BCUT2D eigenvalue weighted by atomic mass is 16.5. The number of aliphatic hydroxyl groups excluding tert-OH is 1. The Hall–Kier alpha value is -0.0800. The van der Waals surface area contributed by atoms with Crippen LogP contribution in [0.3, 0.4) is 0 Å². The summed E-state index contributed by atoms with van der Waals surface area (Å²) in [4.78, 5) is 0. The van der Waals surface area contributed by atoms with Crippen LogP contribution in [0.2, 0.25) is 0 Å². The lowest BCUT2D eigenvalue weighted by Crippen LogP contribution is -2.56. The van der Waals surface area contributed by atoms with Gasteiger partial charge >= 0.3 is 0 Å². The van der Waals surface area contributed by atoms with E-state index in [4.69, 9.17) is 4.74 Å². The molecule has 0 aromatic carbocycles. The van der Waals surface area contributed by atoms with E-state index in [0.717, 1.165) is 66.6 Å². The maximum absolute atomic E-state index is 10.4. The lowest BCUT2D eigenvalue weighted by atomic mass is 9.44. The Bertz CT molecular complexity index is 632. The van der Waals surface area contributed by atoms with Crippen LogP contribution in [0.5, 0.6) is 0 Å². The Morgan fingerprint density at radius 3 is 2.44 bits per heavy atom. The monoisotopic (exact) mass is 372 g/mol. The second-order valence-corrected chi connectivity index (χ2v) is 12.2. The summed E-state index contributed by atoms with van der Waals surface area (Å²) in [5.41, 5.74) is 0.964. The zero-order chi connectivity index (χ0) is 18.7. The van der Waals surface area contributed by atoms with Crippen molar-refractivity contribution in [3.8, 4) is 0 Å². The van der Waals surface area contributed by atoms with Gasteiger partial charge in [-0.05, 0) is 116 Å². The van der Waals surface area contributed by atoms with E-state index in [-0.39, 0.29) is 6.10 Å². The van der Waals surface area contributed by atoms with E-state index in [1.165, 1.54) is 32.1 Å². The first-order valence-electron chi connectivity index (χ1n) is 12.2. The summed E-state index contributed by atoms with van der Waals surface area (Å²) >= 11 is 0. The summed E-state index contributed by atoms with van der Waals surface area (Å²) in [6, 6.07) is 0. The van der Waals surface area contributed by atoms with Crippen LogP contribution in [0.4, 0.5) is 0 Å². The normalized spacial score (nSPS) is 63.9. The molecule has 0 heterocycles. The van der Waals surface area contributed by atoms with Gasteiger partial charge in [0.1, 0.15) is 0 Å². The van der Waals surface area contributed by atoms with Crippen LogP contribution in [-0.2, 0) is 4.74 Å². The molecule has 2 heteroatoms. The summed E-state index contributed by atoms with van der Waals surface area (Å²) < 4.78 is 6.73. The smallest absolute Gasteiger partial charge is 0.0666 e. The average molecular weight is 373 g/mol. The molecule has 13 unspecified atom stereocenters. The van der Waals surface area contributed by atoms with Gasteiger partial charge in [-0.25, -0.2) is 0 Å². The molecule has 6 rings (SSSR count). The highest BCUT2D eigenvalue weighted by Gasteiger charge is 2.75. The Kier molecular flexibility index (Phi) is 3.64. The van der Waals surface area contributed by atoms with Crippen molar-refractivity contribution in [2.75, 3.05) is 0 Å². The van der Waals surface area contributed by atoms with E-state index >= 15 is 0 Å². The van der Waals surface area contributed by atoms with Gasteiger partial charge in [-0.3, -0.25) is 0 Å². The van der Waals surface area contributed by atoms with Crippen molar-refractivity contribution in [3.63, 3.8) is 0 Å². The van der Waals surface area contributed by atoms with Crippen molar-refractivity contribution in [1.29, 1.82) is 0 Å². The summed E-state index contributed by atoms with van der Waals surface area (Å²) in [6.45, 7) is 9.83. The Morgan fingerprint density at radius 2 is 1.67 bits per heavy atom. The van der Waals surface area contributed by atoms with Gasteiger partial charge in [-0.15, -0.1) is 0 Å². The minimum atomic E-state index is -0.0117. The summed E-state index contributed by atoms with van der Waals surface area (Å²) in [7, 11) is 0. The van der Waals surface area contributed by atoms with Crippen LogP contribution < -0.4 is 0 Å². The van der Waals surface area contributed by atoms with E-state index in [1.54, 1.807) is 0 Å². The standard InChI is InChI=1S/C25H40O2/c1-5-13(2)27-23-18-12-17(18)22-21-16-11-15(16)20-10-14(26)6-8-24(20,3)19(21)7-9-25(22,23)4/h13-23,26H,5-12H2,1-4H3. The largest absolute Gasteiger partial charge is 0.393 e. The Morgan fingerprint density at radius 1 is 0.926 bits per heavy atom. The van der Waals surface area contributed by atoms with Crippen molar-refractivity contribution in [1.82, 2.24) is 0 Å². The molecule has 6 saturated carbocycles. The van der Waals surface area contributed by atoms with E-state index in [9.17, 15) is 5.11 Å². The second kappa shape index (κ2) is 5.54. The average Bonchev–Trinajstić information content (AvgIpc) is 3.54. The molecule has 0 amide bonds. The first-order chi connectivity index (χ1) is 12.9. The molecule has 0 bridgehead atoms. The molecule has 6 aliphatic carbocycles. The topological polar surface area (TPSA) is 29.5 Å². The molecular weight excluding hydrogens is 332 g/mol. The molecule has 6 fully saturated rings. The third-order valence-electron chi connectivity index (χ3n) is 11.1. The molecule has 0 radical (unpaired) electrons. The molecule has 27 heavy (non-hydrogen) atoms. The van der Waals surface area contributed by atoms with E-state index in [1.807, 2.05) is 0 Å². The third kappa shape index (κ3) is 2.21. The van der Waals surface area contributed by atoms with Gasteiger partial charge in [0.25, 0.3) is 0 Å². The quantitative estimate of drug-likeness (QED) is 0.730. The molecule has 6 aliphatic rings. The van der Waals surface area contributed by atoms with Gasteiger partial charge in [0.2, 0.25) is 0 Å². The van der Waals surface area contributed by atoms with Gasteiger partial charge in [-0.2, -0.15) is 0 Å². The van der Waals surface area contributed by atoms with E-state index in [2.05, 4.69) is 27.7 Å². The number of aliphatic hydroxyl groups is 1. The van der Waals surface area contributed by atoms with Gasteiger partial charge < -0.3 is 9.84 Å². The fraction of sp³-hybridized carbons (Fsp3) is 1.00. The van der Waals surface area contributed by atoms with Gasteiger partial charge in [0.05, 0.1) is 18.3 Å². The summed E-state index contributed by atoms with van der Waals surface area (Å²) in [5.74, 6) is 7.46. The first kappa shape index (κ1) is 17.8. The SMILES string of the molecule is CCC(C)OC1C2CC2C2C3C4CC4C4CC(O)CCC4(C)C3CCC12C. The Labute approximate surface area is 165 Å². The number of fused-ring (bicyclic) bond motifs is 10. The van der Waals surface area contributed by atoms with Crippen LogP contribution in [0.1, 0.15) is 79.1 Å². The predicted molar refractivity (Wildman–Crippen MR) is 107 cm³/mol. The van der Waals surface area contributed by atoms with Crippen LogP contribution in [-0.4, -0.2) is 23.4 Å². The van der Waals surface area contributed by atoms with Crippen LogP contribution in [0.15, 0.2) is 0 Å². The minimum absolute atomic E-state index is 0.0117. The van der Waals surface area contributed by atoms with Crippen molar-refractivity contribution in [2.45, 2.75) is 97.4 Å². The number of ether oxygens (including phenoxy) is 1. The van der Waals surface area contributed by atoms with Crippen molar-refractivity contribution in [3.05, 3.63) is 0 Å². The molecular formula is C25H40O2. The lowest BCUT2D eigenvalue weighted by molar-refractivity contribution is -0.163. The fourth-order valence-corrected chi connectivity index (χ4v) is 9.65. The fourth-order valence-electron chi connectivity index (χ4n) is 9.65. The maximum Gasteiger partial charge on any atom is 0.0666 e. The molecule has 1 N–H and O–H groups in total. The van der Waals surface area contributed by atoms with Crippen molar-refractivity contribution >= 4 is 0 Å². The highest BCUT2D eigenvalue weighted by molar-refractivity contribution is 5.23. The molecule has 13 atom stereocenters. The molecule has 0 saturated heterocycles. The number of rotatable bonds is 3. The second-order valence-electron chi connectivity index (χ2n) is 12.2. The zero-order valence-corrected chi connectivity index (χ0v) is 17.9. The van der Waals surface area contributed by atoms with Gasteiger partial charge in [0.15, 0.2) is 0 Å².